The molecule has 0 rings (SSSR count). The number of allylic oxidation sites excluding steroid dienone is 4. The second kappa shape index (κ2) is 5.28. The highest BCUT2D eigenvalue weighted by molar-refractivity contribution is 5.02. The van der Waals surface area contributed by atoms with Gasteiger partial charge in [-0.3, -0.25) is 0 Å². The zero-order valence-corrected chi connectivity index (χ0v) is 7.22. The Hall–Kier alpha value is -0.520. The van der Waals surface area contributed by atoms with Gasteiger partial charge >= 0.3 is 0 Å². The van der Waals surface area contributed by atoms with Crippen LogP contribution in [-0.4, -0.2) is 0 Å². The molecular formula is C10H17. The Bertz CT molecular complexity index is 125. The summed E-state index contributed by atoms with van der Waals surface area (Å²) in [6.07, 6.45) is 7.58. The predicted octanol–water partition coefficient (Wildman–Crippen LogP) is 3.37. The van der Waals surface area contributed by atoms with E-state index in [9.17, 15) is 0 Å². The lowest BCUT2D eigenvalue weighted by molar-refractivity contribution is 0.740. The number of hydrogen-bond donors (Lipinski definition) is 0. The molecule has 0 spiro atoms. The van der Waals surface area contributed by atoms with Gasteiger partial charge in [0.1, 0.15) is 0 Å². The van der Waals surface area contributed by atoms with Crippen LogP contribution in [0.3, 0.4) is 0 Å². The summed E-state index contributed by atoms with van der Waals surface area (Å²) in [5.41, 5.74) is 1.16. The number of rotatable bonds is 3. The Kier molecular flexibility index (Phi) is 5.00. The largest absolute Gasteiger partial charge is 0.0914 e. The molecule has 0 aromatic heterocycles. The van der Waals surface area contributed by atoms with Crippen LogP contribution in [0.15, 0.2) is 23.8 Å². The van der Waals surface area contributed by atoms with E-state index in [-0.39, 0.29) is 0 Å². The van der Waals surface area contributed by atoms with E-state index in [0.717, 1.165) is 12.0 Å². The lowest BCUT2D eigenvalue weighted by atomic mass is 10.1. The normalized spacial score (nSPS) is 16.2. The molecule has 0 N–H and O–H groups in total. The molecule has 10 heavy (non-hydrogen) atoms. The first-order valence-corrected chi connectivity index (χ1v) is 3.78. The van der Waals surface area contributed by atoms with E-state index in [1.54, 1.807) is 0 Å². The molecule has 0 amide bonds. The van der Waals surface area contributed by atoms with Gasteiger partial charge in [-0.1, -0.05) is 30.7 Å². The lowest BCUT2D eigenvalue weighted by Crippen LogP contribution is -1.85. The fourth-order valence-electron chi connectivity index (χ4n) is 0.794. The van der Waals surface area contributed by atoms with Crippen LogP contribution in [0, 0.1) is 12.8 Å². The van der Waals surface area contributed by atoms with Crippen molar-refractivity contribution >= 4 is 0 Å². The Morgan fingerprint density at radius 2 is 2.20 bits per heavy atom. The van der Waals surface area contributed by atoms with Gasteiger partial charge in [0.05, 0.1) is 0 Å². The maximum atomic E-state index is 3.81. The minimum atomic E-state index is 0.654. The molecule has 57 valence electrons. The first kappa shape index (κ1) is 9.48. The average Bonchev–Trinajstić information content (AvgIpc) is 1.85. The van der Waals surface area contributed by atoms with E-state index >= 15 is 0 Å². The SMILES string of the molecule is [CH2]C(C)=CCC(C)C=CC. The fraction of sp³-hybridized carbons (Fsp3) is 0.500. The molecule has 0 heterocycles. The highest BCUT2D eigenvalue weighted by Crippen LogP contribution is 2.06. The molecule has 0 fully saturated rings. The van der Waals surface area contributed by atoms with Crippen LogP contribution in [-0.2, 0) is 0 Å². The summed E-state index contributed by atoms with van der Waals surface area (Å²) < 4.78 is 0. The van der Waals surface area contributed by atoms with Crippen molar-refractivity contribution in [1.29, 1.82) is 0 Å². The van der Waals surface area contributed by atoms with Gasteiger partial charge < -0.3 is 0 Å². The van der Waals surface area contributed by atoms with Gasteiger partial charge in [-0.15, -0.1) is 0 Å². The van der Waals surface area contributed by atoms with E-state index in [1.807, 2.05) is 6.92 Å². The molecule has 0 aromatic carbocycles. The van der Waals surface area contributed by atoms with Crippen LogP contribution in [0.1, 0.15) is 27.2 Å². The maximum absolute atomic E-state index is 3.81. The van der Waals surface area contributed by atoms with Crippen LogP contribution in [0.4, 0.5) is 0 Å². The highest BCUT2D eigenvalue weighted by Gasteiger charge is 1.90. The molecule has 0 aliphatic carbocycles. The topological polar surface area (TPSA) is 0 Å². The monoisotopic (exact) mass is 137 g/mol. The van der Waals surface area contributed by atoms with Crippen molar-refractivity contribution in [3.8, 4) is 0 Å². The average molecular weight is 137 g/mol. The first-order valence-electron chi connectivity index (χ1n) is 3.78. The summed E-state index contributed by atoms with van der Waals surface area (Å²) in [6.45, 7) is 10.1. The zero-order valence-electron chi connectivity index (χ0n) is 7.22. The van der Waals surface area contributed by atoms with E-state index in [1.165, 1.54) is 0 Å². The van der Waals surface area contributed by atoms with E-state index in [4.69, 9.17) is 0 Å². The molecule has 0 aromatic rings. The van der Waals surface area contributed by atoms with Gasteiger partial charge in [0.2, 0.25) is 0 Å². The van der Waals surface area contributed by atoms with Gasteiger partial charge in [-0.25, -0.2) is 0 Å². The second-order valence-corrected chi connectivity index (χ2v) is 2.79. The van der Waals surface area contributed by atoms with Crippen molar-refractivity contribution in [2.75, 3.05) is 0 Å². The molecule has 0 aliphatic rings. The summed E-state index contributed by atoms with van der Waals surface area (Å²) in [4.78, 5) is 0. The Morgan fingerprint density at radius 1 is 1.60 bits per heavy atom. The van der Waals surface area contributed by atoms with Crippen molar-refractivity contribution in [2.24, 2.45) is 5.92 Å². The van der Waals surface area contributed by atoms with Crippen molar-refractivity contribution in [3.05, 3.63) is 30.7 Å². The van der Waals surface area contributed by atoms with Crippen molar-refractivity contribution in [1.82, 2.24) is 0 Å². The highest BCUT2D eigenvalue weighted by atomic mass is 14.0. The predicted molar refractivity (Wildman–Crippen MR) is 47.7 cm³/mol. The molecule has 0 heteroatoms. The third-order valence-electron chi connectivity index (χ3n) is 1.36. The zero-order chi connectivity index (χ0) is 7.98. The molecule has 1 radical (unpaired) electrons. The van der Waals surface area contributed by atoms with Crippen molar-refractivity contribution in [3.63, 3.8) is 0 Å². The van der Waals surface area contributed by atoms with Crippen LogP contribution >= 0.6 is 0 Å². The molecule has 0 nitrogen and oxygen atoms in total. The van der Waals surface area contributed by atoms with E-state index in [0.29, 0.717) is 5.92 Å². The Balaban J connectivity index is 3.59. The van der Waals surface area contributed by atoms with E-state index < -0.39 is 0 Å². The second-order valence-electron chi connectivity index (χ2n) is 2.79. The molecule has 0 saturated heterocycles. The molecule has 0 bridgehead atoms. The minimum Gasteiger partial charge on any atom is -0.0914 e. The summed E-state index contributed by atoms with van der Waals surface area (Å²) in [5.74, 6) is 0.654. The third-order valence-corrected chi connectivity index (χ3v) is 1.36. The molecule has 1 atom stereocenters. The van der Waals surface area contributed by atoms with Crippen LogP contribution in [0.25, 0.3) is 0 Å². The van der Waals surface area contributed by atoms with Gasteiger partial charge in [0.15, 0.2) is 0 Å². The minimum absolute atomic E-state index is 0.654. The van der Waals surface area contributed by atoms with Crippen LogP contribution in [0.2, 0.25) is 0 Å². The number of hydrogen-bond acceptors (Lipinski definition) is 0. The molecular weight excluding hydrogens is 120 g/mol. The summed E-state index contributed by atoms with van der Waals surface area (Å²) in [6, 6.07) is 0. The summed E-state index contributed by atoms with van der Waals surface area (Å²) >= 11 is 0. The fourth-order valence-corrected chi connectivity index (χ4v) is 0.794. The first-order chi connectivity index (χ1) is 4.66. The maximum Gasteiger partial charge on any atom is -0.0227 e. The Morgan fingerprint density at radius 3 is 2.60 bits per heavy atom. The van der Waals surface area contributed by atoms with Crippen molar-refractivity contribution in [2.45, 2.75) is 27.2 Å². The Labute approximate surface area is 64.6 Å². The summed E-state index contributed by atoms with van der Waals surface area (Å²) in [5, 5.41) is 0. The van der Waals surface area contributed by atoms with Gasteiger partial charge in [-0.05, 0) is 33.1 Å². The van der Waals surface area contributed by atoms with Gasteiger partial charge in [-0.2, -0.15) is 0 Å². The lowest BCUT2D eigenvalue weighted by Gasteiger charge is -2.00. The standard InChI is InChI=1S/C10H17/c1-5-6-10(4)8-7-9(2)3/h5-7,10H,2,8H2,1,3-4H3. The molecule has 1 unspecified atom stereocenters. The van der Waals surface area contributed by atoms with Crippen LogP contribution in [0.5, 0.6) is 0 Å². The smallest absolute Gasteiger partial charge is 0.0227 e. The quantitative estimate of drug-likeness (QED) is 0.523. The third kappa shape index (κ3) is 5.61. The molecule has 0 aliphatic heterocycles. The van der Waals surface area contributed by atoms with E-state index in [2.05, 4.69) is 39.0 Å². The van der Waals surface area contributed by atoms with Gasteiger partial charge in [0.25, 0.3) is 0 Å². The summed E-state index contributed by atoms with van der Waals surface area (Å²) in [7, 11) is 0. The van der Waals surface area contributed by atoms with Crippen molar-refractivity contribution < 1.29 is 0 Å². The van der Waals surface area contributed by atoms with Gasteiger partial charge in [0, 0.05) is 0 Å². The van der Waals surface area contributed by atoms with Crippen LogP contribution < -0.4 is 0 Å². The molecule has 0 saturated carbocycles.